The molecule has 9 nitrogen and oxygen atoms in total. The number of ether oxygens (including phenoxy) is 1. The largest absolute Gasteiger partial charge is 0.457 e. The molecule has 3 rings (SSSR count). The maximum absolute atomic E-state index is 13.2. The zero-order valence-electron chi connectivity index (χ0n) is 16.5. The van der Waals surface area contributed by atoms with Crippen LogP contribution in [0.5, 0.6) is 11.5 Å². The second kappa shape index (κ2) is 9.23. The smallest absolute Gasteiger partial charge is 0.270 e. The lowest BCUT2D eigenvalue weighted by molar-refractivity contribution is -0.384. The first-order valence-corrected chi connectivity index (χ1v) is 11.4. The lowest BCUT2D eigenvalue weighted by atomic mass is 9.97. The molecule has 1 aliphatic rings. The molecule has 30 heavy (non-hydrogen) atoms. The number of nitro groups is 1. The van der Waals surface area contributed by atoms with E-state index >= 15 is 0 Å². The van der Waals surface area contributed by atoms with Gasteiger partial charge in [-0.3, -0.25) is 14.9 Å². The summed E-state index contributed by atoms with van der Waals surface area (Å²) in [6.07, 6.45) is 2.59. The SMILES string of the molecule is CS(=O)(=O)NC[C@@H]1CCCN(C(=O)c2cc([N+](=O)[O-])ccc2Oc2ccccc2)C1. The fourth-order valence-corrected chi connectivity index (χ4v) is 3.90. The third kappa shape index (κ3) is 5.77. The summed E-state index contributed by atoms with van der Waals surface area (Å²) in [5.74, 6) is 0.325. The van der Waals surface area contributed by atoms with Crippen LogP contribution in [-0.2, 0) is 10.0 Å². The van der Waals surface area contributed by atoms with E-state index in [1.165, 1.54) is 18.2 Å². The molecule has 2 aromatic carbocycles. The van der Waals surface area contributed by atoms with E-state index in [1.807, 2.05) is 6.07 Å². The topological polar surface area (TPSA) is 119 Å². The molecule has 1 aliphatic heterocycles. The number of hydrogen-bond acceptors (Lipinski definition) is 6. The lowest BCUT2D eigenvalue weighted by Crippen LogP contribution is -2.43. The third-order valence-corrected chi connectivity index (χ3v) is 5.51. The van der Waals surface area contributed by atoms with Crippen LogP contribution in [-0.4, -0.2) is 50.0 Å². The van der Waals surface area contributed by atoms with Crippen molar-refractivity contribution in [2.24, 2.45) is 5.92 Å². The van der Waals surface area contributed by atoms with Crippen molar-refractivity contribution < 1.29 is 22.9 Å². The van der Waals surface area contributed by atoms with Gasteiger partial charge in [0.25, 0.3) is 11.6 Å². The Hall–Kier alpha value is -2.98. The van der Waals surface area contributed by atoms with Crippen LogP contribution in [0.2, 0.25) is 0 Å². The number of nitrogens with one attached hydrogen (secondary N) is 1. The molecule has 0 bridgehead atoms. The molecule has 10 heteroatoms. The molecule has 0 spiro atoms. The quantitative estimate of drug-likeness (QED) is 0.530. The van der Waals surface area contributed by atoms with Crippen molar-refractivity contribution in [2.45, 2.75) is 12.8 Å². The molecule has 1 N–H and O–H groups in total. The minimum atomic E-state index is -3.32. The van der Waals surface area contributed by atoms with Gasteiger partial charge in [-0.2, -0.15) is 0 Å². The summed E-state index contributed by atoms with van der Waals surface area (Å²) in [7, 11) is -3.32. The fourth-order valence-electron chi connectivity index (χ4n) is 3.36. The molecule has 0 aromatic heterocycles. The van der Waals surface area contributed by atoms with Gasteiger partial charge in [0.1, 0.15) is 11.5 Å². The van der Waals surface area contributed by atoms with Gasteiger partial charge in [-0.25, -0.2) is 13.1 Å². The number of nitrogens with zero attached hydrogens (tertiary/aromatic N) is 2. The standard InChI is InChI=1S/C20H23N3O6S/c1-30(27,28)21-13-15-6-5-11-22(14-15)20(24)18-12-16(23(25)26)9-10-19(18)29-17-7-3-2-4-8-17/h2-4,7-10,12,15,21H,5-6,11,13-14H2,1H3/t15-/m0/s1. The van der Waals surface area contributed by atoms with Gasteiger partial charge in [0.15, 0.2) is 0 Å². The molecule has 1 heterocycles. The molecule has 1 fully saturated rings. The predicted molar refractivity (Wildman–Crippen MR) is 111 cm³/mol. The summed E-state index contributed by atoms with van der Waals surface area (Å²) in [5, 5.41) is 11.2. The zero-order valence-corrected chi connectivity index (χ0v) is 17.3. The molecule has 1 amide bonds. The fraction of sp³-hybridized carbons (Fsp3) is 0.350. The number of para-hydroxylation sites is 1. The minimum Gasteiger partial charge on any atom is -0.457 e. The van der Waals surface area contributed by atoms with Crippen molar-refractivity contribution in [1.82, 2.24) is 9.62 Å². The van der Waals surface area contributed by atoms with Gasteiger partial charge in [0.2, 0.25) is 10.0 Å². The highest BCUT2D eigenvalue weighted by atomic mass is 32.2. The second-order valence-corrected chi connectivity index (χ2v) is 9.07. The van der Waals surface area contributed by atoms with Crippen LogP contribution in [0.25, 0.3) is 0 Å². The molecule has 0 radical (unpaired) electrons. The maximum atomic E-state index is 13.2. The van der Waals surface area contributed by atoms with E-state index in [2.05, 4.69) is 4.72 Å². The molecule has 0 unspecified atom stereocenters. The van der Waals surface area contributed by atoms with E-state index in [-0.39, 0.29) is 35.4 Å². The van der Waals surface area contributed by atoms with Crippen LogP contribution < -0.4 is 9.46 Å². The molecule has 0 saturated carbocycles. The van der Waals surface area contributed by atoms with Crippen LogP contribution >= 0.6 is 0 Å². The van der Waals surface area contributed by atoms with Crippen LogP contribution in [0.3, 0.4) is 0 Å². The first-order chi connectivity index (χ1) is 14.2. The number of sulfonamides is 1. The normalized spacial score (nSPS) is 16.8. The van der Waals surface area contributed by atoms with Crippen molar-refractivity contribution in [3.8, 4) is 11.5 Å². The van der Waals surface area contributed by atoms with E-state index in [4.69, 9.17) is 4.74 Å². The number of non-ortho nitro benzene ring substituents is 1. The minimum absolute atomic E-state index is 0.0328. The number of piperidine rings is 1. The van der Waals surface area contributed by atoms with Gasteiger partial charge in [-0.05, 0) is 37.0 Å². The number of carbonyl (C=O) groups is 1. The molecule has 1 saturated heterocycles. The number of benzene rings is 2. The number of hydrogen-bond donors (Lipinski definition) is 1. The Bertz CT molecular complexity index is 1030. The average molecular weight is 433 g/mol. The highest BCUT2D eigenvalue weighted by Gasteiger charge is 2.28. The number of carbonyl (C=O) groups excluding carboxylic acids is 1. The summed E-state index contributed by atoms with van der Waals surface area (Å²) in [4.78, 5) is 25.5. The molecule has 2 aromatic rings. The van der Waals surface area contributed by atoms with E-state index in [9.17, 15) is 23.3 Å². The Morgan fingerprint density at radius 2 is 2.00 bits per heavy atom. The van der Waals surface area contributed by atoms with Crippen molar-refractivity contribution >= 4 is 21.6 Å². The van der Waals surface area contributed by atoms with Crippen molar-refractivity contribution in [3.63, 3.8) is 0 Å². The molecular formula is C20H23N3O6S. The average Bonchev–Trinajstić information content (AvgIpc) is 2.72. The van der Waals surface area contributed by atoms with Gasteiger partial charge in [-0.15, -0.1) is 0 Å². The van der Waals surface area contributed by atoms with E-state index in [1.54, 1.807) is 29.2 Å². The van der Waals surface area contributed by atoms with Gasteiger partial charge in [-0.1, -0.05) is 18.2 Å². The van der Waals surface area contributed by atoms with Crippen LogP contribution in [0, 0.1) is 16.0 Å². The zero-order chi connectivity index (χ0) is 21.7. The third-order valence-electron chi connectivity index (χ3n) is 4.82. The molecular weight excluding hydrogens is 410 g/mol. The number of rotatable bonds is 7. The second-order valence-electron chi connectivity index (χ2n) is 7.23. The Morgan fingerprint density at radius 1 is 1.27 bits per heavy atom. The first kappa shape index (κ1) is 21.7. The Morgan fingerprint density at radius 3 is 2.67 bits per heavy atom. The summed E-state index contributed by atoms with van der Waals surface area (Å²) in [6.45, 7) is 1.08. The highest BCUT2D eigenvalue weighted by Crippen LogP contribution is 2.31. The Kier molecular flexibility index (Phi) is 6.68. The van der Waals surface area contributed by atoms with E-state index in [0.29, 0.717) is 25.3 Å². The van der Waals surface area contributed by atoms with Gasteiger partial charge < -0.3 is 9.64 Å². The number of likely N-dealkylation sites (tertiary alicyclic amines) is 1. The van der Waals surface area contributed by atoms with E-state index < -0.39 is 14.9 Å². The number of amides is 1. The summed E-state index contributed by atoms with van der Waals surface area (Å²) < 4.78 is 31.0. The van der Waals surface area contributed by atoms with Crippen LogP contribution in [0.1, 0.15) is 23.2 Å². The molecule has 1 atom stereocenters. The molecule has 0 aliphatic carbocycles. The van der Waals surface area contributed by atoms with Crippen LogP contribution in [0.15, 0.2) is 48.5 Å². The maximum Gasteiger partial charge on any atom is 0.270 e. The van der Waals surface area contributed by atoms with E-state index in [0.717, 1.165) is 12.7 Å². The first-order valence-electron chi connectivity index (χ1n) is 9.48. The van der Waals surface area contributed by atoms with Gasteiger partial charge >= 0.3 is 0 Å². The predicted octanol–water partition coefficient (Wildman–Crippen LogP) is 2.79. The van der Waals surface area contributed by atoms with Crippen molar-refractivity contribution in [1.29, 1.82) is 0 Å². The summed E-state index contributed by atoms with van der Waals surface area (Å²) in [6, 6.07) is 12.8. The van der Waals surface area contributed by atoms with Crippen molar-refractivity contribution in [3.05, 3.63) is 64.2 Å². The van der Waals surface area contributed by atoms with Crippen LogP contribution in [0.4, 0.5) is 5.69 Å². The monoisotopic (exact) mass is 433 g/mol. The Balaban J connectivity index is 1.83. The molecule has 160 valence electrons. The van der Waals surface area contributed by atoms with Gasteiger partial charge in [0, 0.05) is 31.8 Å². The lowest BCUT2D eigenvalue weighted by Gasteiger charge is -2.33. The number of nitro benzene ring substituents is 1. The van der Waals surface area contributed by atoms with Gasteiger partial charge in [0.05, 0.1) is 16.7 Å². The Labute approximate surface area is 174 Å². The van der Waals surface area contributed by atoms with Crippen molar-refractivity contribution in [2.75, 3.05) is 25.9 Å². The highest BCUT2D eigenvalue weighted by molar-refractivity contribution is 7.88. The summed E-state index contributed by atoms with van der Waals surface area (Å²) in [5.41, 5.74) is -0.101. The summed E-state index contributed by atoms with van der Waals surface area (Å²) >= 11 is 0.